The first-order valence-electron chi connectivity index (χ1n) is 14.9. The molecule has 3 unspecified atom stereocenters. The minimum absolute atomic E-state index is 0. The van der Waals surface area contributed by atoms with Crippen molar-refractivity contribution in [1.29, 1.82) is 0 Å². The van der Waals surface area contributed by atoms with Crippen LogP contribution in [0.2, 0.25) is 0 Å². The third-order valence-corrected chi connectivity index (χ3v) is 11.1. The van der Waals surface area contributed by atoms with Crippen LogP contribution in [-0.2, 0) is 31.6 Å². The monoisotopic (exact) mass is 836 g/mol. The number of nitrogens with two attached hydrogens (primary N) is 1. The van der Waals surface area contributed by atoms with Crippen LogP contribution in [0, 0.1) is 0 Å². The number of carbonyl (C=O) groups excluding carboxylic acids is 1. The molecule has 0 bridgehead atoms. The van der Waals surface area contributed by atoms with Crippen molar-refractivity contribution in [2.75, 3.05) is 17.7 Å². The number of carbonyl (C=O) groups is 2. The minimum Gasteiger partial charge on any atom is -0.756 e. The van der Waals surface area contributed by atoms with Crippen molar-refractivity contribution in [3.63, 3.8) is 0 Å². The van der Waals surface area contributed by atoms with Gasteiger partial charge in [-0.2, -0.15) is 9.29 Å². The molecule has 0 radical (unpaired) electrons. The molecule has 55 heavy (non-hydrogen) atoms. The number of anilines is 2. The summed E-state index contributed by atoms with van der Waals surface area (Å²) in [6.45, 7) is -1.03. The Bertz CT molecular complexity index is 2420. The van der Waals surface area contributed by atoms with Crippen molar-refractivity contribution in [2.24, 2.45) is 0 Å². The minimum atomic E-state index is -5.82. The standard InChI is InChI=1S/C18H13NO3.C10H16N5O14P3.Na/c20-17(14-9-3-4-10-15(14)18(21)22)19-16-11-5-7-12-6-1-2-8-13(12)16;11-10-13-7-4(8(18)14-10)12-2-15(7)9-6(17)5(16)3(27-9)1-26-31(22,23)29-32(24,25)28-30(19,20)21;/h1-11H,(H,19,20)(H,21,22);2-3,5-6,9,16-17H,1H2,(H,22,23)(H,24,25)(H2,19,20,21)(H3,11,13,14,18);/q;;+1/p-1/t;3-,5-,6-,9-;/m.1./s1. The van der Waals surface area contributed by atoms with Crippen molar-refractivity contribution in [1.82, 2.24) is 19.5 Å². The number of imidazole rings is 1. The first-order chi connectivity index (χ1) is 25.2. The van der Waals surface area contributed by atoms with E-state index < -0.39 is 72.1 Å². The number of hydrogen-bond donors (Lipinski definition) is 9. The van der Waals surface area contributed by atoms with Crippen LogP contribution < -0.4 is 51.1 Å². The fraction of sp³-hybridized carbons (Fsp3) is 0.179. The van der Waals surface area contributed by atoms with Gasteiger partial charge in [0, 0.05) is 11.1 Å². The van der Waals surface area contributed by atoms with Crippen LogP contribution in [0.4, 0.5) is 11.6 Å². The number of fused-ring (bicyclic) bond motifs is 2. The van der Waals surface area contributed by atoms with Crippen molar-refractivity contribution < 1.29 is 106 Å². The Kier molecular flexibility index (Phi) is 14.1. The van der Waals surface area contributed by atoms with E-state index in [2.05, 4.69) is 33.4 Å². The largest absolute Gasteiger partial charge is 1.00 e. The van der Waals surface area contributed by atoms with E-state index in [-0.39, 0.29) is 57.8 Å². The summed E-state index contributed by atoms with van der Waals surface area (Å²) in [6.07, 6.45) is -5.38. The molecular weight excluding hydrogens is 808 g/mol. The number of rotatable bonds is 11. The Morgan fingerprint density at radius 1 is 0.945 bits per heavy atom. The topological polar surface area (TPSA) is 368 Å². The smallest absolute Gasteiger partial charge is 0.756 e. The number of aromatic amines is 1. The van der Waals surface area contributed by atoms with Crippen molar-refractivity contribution >= 4 is 68.9 Å². The zero-order valence-electron chi connectivity index (χ0n) is 27.9. The van der Waals surface area contributed by atoms with E-state index in [1.807, 2.05) is 36.4 Å². The van der Waals surface area contributed by atoms with E-state index >= 15 is 0 Å². The average Bonchev–Trinajstić information content (AvgIpc) is 3.62. The van der Waals surface area contributed by atoms with Crippen molar-refractivity contribution in [2.45, 2.75) is 24.5 Å². The number of nitrogens with zero attached hydrogens (tertiary/aromatic N) is 3. The number of aliphatic hydroxyl groups excluding tert-OH is 2. The third kappa shape index (κ3) is 11.0. The molecule has 1 amide bonds. The van der Waals surface area contributed by atoms with E-state index in [9.17, 15) is 53.2 Å². The van der Waals surface area contributed by atoms with E-state index in [4.69, 9.17) is 20.3 Å². The predicted octanol–water partition coefficient (Wildman–Crippen LogP) is -2.17. The number of carboxylic acid groups (broad SMARTS) is 1. The number of aromatic nitrogens is 4. The summed E-state index contributed by atoms with van der Waals surface area (Å²) in [5.74, 6) is -1.84. The summed E-state index contributed by atoms with van der Waals surface area (Å²) >= 11 is 0. The second-order valence-corrected chi connectivity index (χ2v) is 15.4. The quantitative estimate of drug-likeness (QED) is 0.0505. The molecule has 0 saturated carbocycles. The molecule has 1 saturated heterocycles. The first-order valence-corrected chi connectivity index (χ1v) is 19.4. The van der Waals surface area contributed by atoms with Gasteiger partial charge < -0.3 is 50.7 Å². The normalized spacial score (nSPS) is 21.3. The van der Waals surface area contributed by atoms with Crippen molar-refractivity contribution in [3.05, 3.63) is 94.5 Å². The summed E-state index contributed by atoms with van der Waals surface area (Å²) < 4.78 is 51.3. The van der Waals surface area contributed by atoms with Crippen LogP contribution in [0.3, 0.4) is 0 Å². The Morgan fingerprint density at radius 3 is 2.25 bits per heavy atom. The number of nitrogen functional groups attached to an aromatic ring is 1. The van der Waals surface area contributed by atoms with Crippen LogP contribution >= 0.6 is 23.5 Å². The van der Waals surface area contributed by atoms with Crippen LogP contribution in [0.1, 0.15) is 26.9 Å². The number of phosphoric acid groups is 3. The molecule has 7 atom stereocenters. The Labute approximate surface area is 329 Å². The molecule has 0 aliphatic carbocycles. The summed E-state index contributed by atoms with van der Waals surface area (Å²) in [6, 6.07) is 19.4. The van der Waals surface area contributed by atoms with Gasteiger partial charge in [0.15, 0.2) is 17.4 Å². The molecule has 1 aliphatic heterocycles. The summed E-state index contributed by atoms with van der Waals surface area (Å²) in [7, 11) is -17.1. The maximum absolute atomic E-state index is 12.4. The second kappa shape index (κ2) is 17.6. The third-order valence-electron chi connectivity index (χ3n) is 7.32. The molecule has 23 nitrogen and oxygen atoms in total. The Hall–Kier alpha value is -3.70. The van der Waals surface area contributed by atoms with Gasteiger partial charge in [0.1, 0.15) is 18.3 Å². The molecule has 0 spiro atoms. The zero-order valence-corrected chi connectivity index (χ0v) is 32.6. The molecule has 6 rings (SSSR count). The van der Waals surface area contributed by atoms with Gasteiger partial charge in [-0.05, 0) is 23.6 Å². The maximum atomic E-state index is 12.4. The molecular formula is C28H28N6NaO17P3. The molecule has 1 aliphatic rings. The number of aliphatic hydroxyl groups is 2. The van der Waals surface area contributed by atoms with Crippen LogP contribution in [0.15, 0.2) is 77.9 Å². The molecule has 5 aromatic rings. The molecule has 10 N–H and O–H groups in total. The van der Waals surface area contributed by atoms with Gasteiger partial charge in [0.2, 0.25) is 5.95 Å². The summed E-state index contributed by atoms with van der Waals surface area (Å²) in [5, 5.41) is 34.3. The first kappa shape index (κ1) is 44.0. The van der Waals surface area contributed by atoms with Crippen LogP contribution in [-0.4, -0.2) is 86.3 Å². The number of ether oxygens (including phenoxy) is 1. The van der Waals surface area contributed by atoms with Gasteiger partial charge in [-0.3, -0.25) is 28.2 Å². The van der Waals surface area contributed by atoms with Crippen molar-refractivity contribution in [3.8, 4) is 0 Å². The second-order valence-electron chi connectivity index (χ2n) is 11.0. The predicted molar refractivity (Wildman–Crippen MR) is 181 cm³/mol. The number of nitrogens with one attached hydrogen (secondary N) is 2. The number of phosphoric ester groups is 1. The Balaban J connectivity index is 0.000000256. The van der Waals surface area contributed by atoms with Gasteiger partial charge in [0.25, 0.3) is 19.3 Å². The van der Waals surface area contributed by atoms with E-state index in [0.29, 0.717) is 5.69 Å². The molecule has 288 valence electrons. The SMILES string of the molecule is Nc1nc2c(ncn2[C@@H]2O[C@H](COP(=O)(O)OP(=O)(O)OP(=O)([O-])O)[C@@H](O)[C@H]2O)c(=O)[nH]1.O=C(O)c1ccccc1C(=O)Nc1cccc2ccccc12.[Na+]. The van der Waals surface area contributed by atoms with E-state index in [1.54, 1.807) is 18.2 Å². The molecule has 2 aromatic heterocycles. The van der Waals surface area contributed by atoms with Crippen LogP contribution in [0.5, 0.6) is 0 Å². The van der Waals surface area contributed by atoms with E-state index in [0.717, 1.165) is 21.7 Å². The summed E-state index contributed by atoms with van der Waals surface area (Å²) in [4.78, 5) is 82.7. The number of amides is 1. The average molecular weight is 836 g/mol. The van der Waals surface area contributed by atoms with Gasteiger partial charge in [0.05, 0.1) is 24.1 Å². The van der Waals surface area contributed by atoms with Gasteiger partial charge in [-0.1, -0.05) is 48.5 Å². The van der Waals surface area contributed by atoms with E-state index in [1.165, 1.54) is 12.1 Å². The molecule has 3 aromatic carbocycles. The van der Waals surface area contributed by atoms with Gasteiger partial charge in [-0.15, -0.1) is 0 Å². The van der Waals surface area contributed by atoms with Gasteiger partial charge in [-0.25, -0.2) is 23.2 Å². The van der Waals surface area contributed by atoms with Crippen LogP contribution in [0.25, 0.3) is 21.9 Å². The molecule has 1 fully saturated rings. The molecule has 27 heteroatoms. The zero-order chi connectivity index (χ0) is 39.6. The number of benzene rings is 3. The molecule has 3 heterocycles. The maximum Gasteiger partial charge on any atom is 1.00 e. The van der Waals surface area contributed by atoms with Gasteiger partial charge >= 0.3 is 51.2 Å². The number of hydrogen-bond acceptors (Lipinski definition) is 16. The number of carboxylic acids is 1. The number of H-pyrrole nitrogens is 1. The number of aromatic carboxylic acids is 1. The fourth-order valence-corrected chi connectivity index (χ4v) is 8.08. The Morgan fingerprint density at radius 2 is 1.58 bits per heavy atom. The fourth-order valence-electron chi connectivity index (χ4n) is 5.08. The summed E-state index contributed by atoms with van der Waals surface area (Å²) in [5.41, 5.74) is 5.26.